The first-order valence-electron chi connectivity index (χ1n) is 4.55. The van der Waals surface area contributed by atoms with Crippen molar-refractivity contribution in [3.63, 3.8) is 0 Å². The van der Waals surface area contributed by atoms with Gasteiger partial charge in [0.05, 0.1) is 22.5 Å². The SMILES string of the molecule is N#Cc1ccc(C=O)c(C(F)(F)F)c1C(=O)CBr. The molecule has 18 heavy (non-hydrogen) atoms. The van der Waals surface area contributed by atoms with Gasteiger partial charge in [-0.3, -0.25) is 9.59 Å². The van der Waals surface area contributed by atoms with Gasteiger partial charge in [-0.05, 0) is 12.1 Å². The molecule has 0 N–H and O–H groups in total. The van der Waals surface area contributed by atoms with E-state index in [-0.39, 0.29) is 11.6 Å². The van der Waals surface area contributed by atoms with Crippen LogP contribution in [0.25, 0.3) is 0 Å². The summed E-state index contributed by atoms with van der Waals surface area (Å²) < 4.78 is 38.6. The van der Waals surface area contributed by atoms with E-state index >= 15 is 0 Å². The Bertz CT molecular complexity index is 546. The van der Waals surface area contributed by atoms with E-state index in [9.17, 15) is 22.8 Å². The second-order valence-corrected chi connectivity index (χ2v) is 3.80. The number of nitriles is 1. The number of rotatable bonds is 3. The Morgan fingerprint density at radius 3 is 2.44 bits per heavy atom. The Kier molecular flexibility index (Phi) is 4.24. The molecule has 3 nitrogen and oxygen atoms in total. The highest BCUT2D eigenvalue weighted by atomic mass is 79.9. The summed E-state index contributed by atoms with van der Waals surface area (Å²) in [5.74, 6) is -0.900. The second kappa shape index (κ2) is 5.31. The number of aldehydes is 1. The molecule has 1 rings (SSSR count). The molecule has 0 amide bonds. The summed E-state index contributed by atoms with van der Waals surface area (Å²) >= 11 is 2.75. The summed E-state index contributed by atoms with van der Waals surface area (Å²) in [6.45, 7) is 0. The monoisotopic (exact) mass is 319 g/mol. The number of carbonyl (C=O) groups excluding carboxylic acids is 2. The summed E-state index contributed by atoms with van der Waals surface area (Å²) in [6, 6.07) is 3.41. The highest BCUT2D eigenvalue weighted by Crippen LogP contribution is 2.36. The fraction of sp³-hybridized carbons (Fsp3) is 0.182. The van der Waals surface area contributed by atoms with Crippen LogP contribution in [0.5, 0.6) is 0 Å². The second-order valence-electron chi connectivity index (χ2n) is 3.24. The van der Waals surface area contributed by atoms with Gasteiger partial charge in [-0.1, -0.05) is 15.9 Å². The third-order valence-electron chi connectivity index (χ3n) is 2.17. The number of benzene rings is 1. The van der Waals surface area contributed by atoms with Crippen molar-refractivity contribution in [3.8, 4) is 6.07 Å². The minimum absolute atomic E-state index is 0.00892. The highest BCUT2D eigenvalue weighted by Gasteiger charge is 2.39. The minimum atomic E-state index is -4.88. The number of hydrogen-bond donors (Lipinski definition) is 0. The van der Waals surface area contributed by atoms with Crippen LogP contribution in [0.3, 0.4) is 0 Å². The average Bonchev–Trinajstić information content (AvgIpc) is 2.34. The zero-order chi connectivity index (χ0) is 13.9. The lowest BCUT2D eigenvalue weighted by Crippen LogP contribution is -2.18. The molecule has 0 unspecified atom stereocenters. The van der Waals surface area contributed by atoms with Crippen molar-refractivity contribution in [2.24, 2.45) is 0 Å². The number of ketones is 1. The molecule has 0 saturated carbocycles. The van der Waals surface area contributed by atoms with Gasteiger partial charge in [0.2, 0.25) is 0 Å². The van der Waals surface area contributed by atoms with E-state index in [4.69, 9.17) is 5.26 Å². The molecule has 0 aromatic heterocycles. The van der Waals surface area contributed by atoms with Crippen molar-refractivity contribution >= 4 is 28.0 Å². The van der Waals surface area contributed by atoms with Gasteiger partial charge in [-0.2, -0.15) is 18.4 Å². The number of halogens is 4. The van der Waals surface area contributed by atoms with E-state index in [0.29, 0.717) is 0 Å². The number of Topliss-reactive ketones (excluding diaryl/α,β-unsaturated/α-hetero) is 1. The smallest absolute Gasteiger partial charge is 0.298 e. The number of carbonyl (C=O) groups is 2. The van der Waals surface area contributed by atoms with Crippen molar-refractivity contribution in [1.29, 1.82) is 5.26 Å². The van der Waals surface area contributed by atoms with Gasteiger partial charge >= 0.3 is 6.18 Å². The topological polar surface area (TPSA) is 57.9 Å². The van der Waals surface area contributed by atoms with Crippen molar-refractivity contribution < 1.29 is 22.8 Å². The molecule has 0 spiro atoms. The summed E-state index contributed by atoms with van der Waals surface area (Å²) in [5, 5.41) is 8.38. The zero-order valence-electron chi connectivity index (χ0n) is 8.71. The molecular formula is C11H5BrF3NO2. The van der Waals surface area contributed by atoms with Crippen LogP contribution in [-0.2, 0) is 6.18 Å². The molecule has 0 saturated heterocycles. The molecule has 7 heteroatoms. The Morgan fingerprint density at radius 2 is 2.06 bits per heavy atom. The van der Waals surface area contributed by atoms with Gasteiger partial charge in [-0.15, -0.1) is 0 Å². The lowest BCUT2D eigenvalue weighted by Gasteiger charge is -2.14. The Hall–Kier alpha value is -1.68. The fourth-order valence-corrected chi connectivity index (χ4v) is 1.75. The fourth-order valence-electron chi connectivity index (χ4n) is 1.47. The van der Waals surface area contributed by atoms with Gasteiger partial charge in [0, 0.05) is 11.1 Å². The predicted molar refractivity (Wildman–Crippen MR) is 59.7 cm³/mol. The quantitative estimate of drug-likeness (QED) is 0.489. The molecule has 0 heterocycles. The van der Waals surface area contributed by atoms with Gasteiger partial charge in [0.25, 0.3) is 0 Å². The highest BCUT2D eigenvalue weighted by molar-refractivity contribution is 9.09. The minimum Gasteiger partial charge on any atom is -0.298 e. The van der Waals surface area contributed by atoms with Gasteiger partial charge in [0.1, 0.15) is 0 Å². The van der Waals surface area contributed by atoms with Crippen molar-refractivity contribution in [1.82, 2.24) is 0 Å². The summed E-state index contributed by atoms with van der Waals surface area (Å²) in [5.41, 5.74) is -3.20. The van der Waals surface area contributed by atoms with Gasteiger partial charge in [0.15, 0.2) is 12.1 Å². The zero-order valence-corrected chi connectivity index (χ0v) is 10.3. The third-order valence-corrected chi connectivity index (χ3v) is 2.68. The standard InChI is InChI=1S/C11H5BrF3NO2/c12-3-8(18)9-6(4-16)1-2-7(5-17)10(9)11(13,14)15/h1-2,5H,3H2. The van der Waals surface area contributed by atoms with Crippen LogP contribution in [0.4, 0.5) is 13.2 Å². The molecule has 94 valence electrons. The van der Waals surface area contributed by atoms with Crippen LogP contribution >= 0.6 is 15.9 Å². The van der Waals surface area contributed by atoms with Crippen LogP contribution in [-0.4, -0.2) is 17.4 Å². The van der Waals surface area contributed by atoms with Crippen LogP contribution in [0.1, 0.15) is 31.8 Å². The first-order valence-corrected chi connectivity index (χ1v) is 5.67. The third kappa shape index (κ3) is 2.59. The van der Waals surface area contributed by atoms with Gasteiger partial charge in [-0.25, -0.2) is 0 Å². The Morgan fingerprint density at radius 1 is 1.44 bits per heavy atom. The molecule has 1 aromatic carbocycles. The Balaban J connectivity index is 3.77. The maximum Gasteiger partial charge on any atom is 0.417 e. The normalized spacial score (nSPS) is 10.8. The molecule has 1 aromatic rings. The Labute approximate surface area is 108 Å². The van der Waals surface area contributed by atoms with E-state index < -0.39 is 34.2 Å². The average molecular weight is 320 g/mol. The van der Waals surface area contributed by atoms with E-state index in [1.165, 1.54) is 6.07 Å². The van der Waals surface area contributed by atoms with E-state index in [0.717, 1.165) is 12.1 Å². The van der Waals surface area contributed by atoms with Crippen LogP contribution in [0.2, 0.25) is 0 Å². The van der Waals surface area contributed by atoms with Crippen LogP contribution in [0.15, 0.2) is 12.1 Å². The largest absolute Gasteiger partial charge is 0.417 e. The first kappa shape index (κ1) is 14.4. The molecule has 0 radical (unpaired) electrons. The van der Waals surface area contributed by atoms with Gasteiger partial charge < -0.3 is 0 Å². The van der Waals surface area contributed by atoms with E-state index in [1.807, 2.05) is 0 Å². The lowest BCUT2D eigenvalue weighted by atomic mass is 9.94. The lowest BCUT2D eigenvalue weighted by molar-refractivity contribution is -0.138. The maximum atomic E-state index is 12.9. The van der Waals surface area contributed by atoms with Crippen LogP contribution < -0.4 is 0 Å². The van der Waals surface area contributed by atoms with Crippen molar-refractivity contribution in [3.05, 3.63) is 34.4 Å². The predicted octanol–water partition coefficient (Wildman–Crippen LogP) is 2.97. The molecule has 0 aliphatic heterocycles. The molecule has 0 aliphatic rings. The molecule has 0 atom stereocenters. The number of nitrogens with zero attached hydrogens (tertiary/aromatic N) is 1. The molecule has 0 aliphatic carbocycles. The van der Waals surface area contributed by atoms with Crippen molar-refractivity contribution in [2.45, 2.75) is 6.18 Å². The summed E-state index contributed by atoms with van der Waals surface area (Å²) in [4.78, 5) is 22.1. The van der Waals surface area contributed by atoms with E-state index in [2.05, 4.69) is 15.9 Å². The summed E-state index contributed by atoms with van der Waals surface area (Å²) in [6.07, 6.45) is -4.87. The maximum absolute atomic E-state index is 12.9. The molecular weight excluding hydrogens is 315 g/mol. The first-order chi connectivity index (χ1) is 8.36. The van der Waals surface area contributed by atoms with Crippen molar-refractivity contribution in [2.75, 3.05) is 5.33 Å². The molecule has 0 bridgehead atoms. The number of alkyl halides is 4. The number of hydrogen-bond acceptors (Lipinski definition) is 3. The van der Waals surface area contributed by atoms with Crippen LogP contribution in [0, 0.1) is 11.3 Å². The molecule has 0 fully saturated rings. The summed E-state index contributed by atoms with van der Waals surface area (Å²) in [7, 11) is 0. The van der Waals surface area contributed by atoms with E-state index in [1.54, 1.807) is 0 Å².